The van der Waals surface area contributed by atoms with Crippen LogP contribution in [0.1, 0.15) is 47.0 Å². The van der Waals surface area contributed by atoms with Crippen LogP contribution in [0.2, 0.25) is 0 Å². The van der Waals surface area contributed by atoms with Crippen LogP contribution in [0.5, 0.6) is 0 Å². The summed E-state index contributed by atoms with van der Waals surface area (Å²) < 4.78 is 0. The number of amides is 1. The lowest BCUT2D eigenvalue weighted by Crippen LogP contribution is -2.49. The molecular formula is C14H28N2O. The van der Waals surface area contributed by atoms with E-state index in [1.165, 1.54) is 6.42 Å². The van der Waals surface area contributed by atoms with Crippen molar-refractivity contribution in [3.05, 3.63) is 0 Å². The lowest BCUT2D eigenvalue weighted by molar-refractivity contribution is -0.140. The van der Waals surface area contributed by atoms with Crippen molar-refractivity contribution in [2.24, 2.45) is 23.5 Å². The molecule has 0 radical (unpaired) electrons. The Morgan fingerprint density at radius 3 is 2.59 bits per heavy atom. The second-order valence-electron chi connectivity index (χ2n) is 5.95. The lowest BCUT2D eigenvalue weighted by atomic mass is 9.89. The van der Waals surface area contributed by atoms with Gasteiger partial charge in [0.2, 0.25) is 5.91 Å². The summed E-state index contributed by atoms with van der Waals surface area (Å²) in [4.78, 5) is 14.5. The van der Waals surface area contributed by atoms with Crippen LogP contribution in [-0.4, -0.2) is 29.9 Å². The molecule has 3 unspecified atom stereocenters. The van der Waals surface area contributed by atoms with Gasteiger partial charge in [0.1, 0.15) is 0 Å². The van der Waals surface area contributed by atoms with E-state index in [0.717, 1.165) is 19.4 Å². The predicted molar refractivity (Wildman–Crippen MR) is 71.6 cm³/mol. The summed E-state index contributed by atoms with van der Waals surface area (Å²) in [5, 5.41) is 0. The van der Waals surface area contributed by atoms with Crippen LogP contribution in [0.3, 0.4) is 0 Å². The first-order chi connectivity index (χ1) is 7.97. The number of nitrogens with zero attached hydrogens (tertiary/aromatic N) is 1. The van der Waals surface area contributed by atoms with E-state index in [1.54, 1.807) is 0 Å². The van der Waals surface area contributed by atoms with Crippen molar-refractivity contribution in [2.45, 2.75) is 53.0 Å². The molecule has 1 fully saturated rings. The third kappa shape index (κ3) is 3.70. The van der Waals surface area contributed by atoms with E-state index in [0.29, 0.717) is 24.4 Å². The van der Waals surface area contributed by atoms with Crippen molar-refractivity contribution in [3.63, 3.8) is 0 Å². The normalized spacial score (nSPS) is 27.3. The highest BCUT2D eigenvalue weighted by molar-refractivity contribution is 5.79. The highest BCUT2D eigenvalue weighted by Crippen LogP contribution is 2.25. The van der Waals surface area contributed by atoms with E-state index < -0.39 is 0 Å². The molecule has 0 aromatic heterocycles. The lowest BCUT2D eigenvalue weighted by Gasteiger charge is -2.39. The third-order valence-electron chi connectivity index (χ3n) is 4.05. The predicted octanol–water partition coefficient (Wildman–Crippen LogP) is 2.25. The molecule has 1 amide bonds. The largest absolute Gasteiger partial charge is 0.339 e. The first-order valence-electron chi connectivity index (χ1n) is 6.97. The molecule has 0 aromatic carbocycles. The summed E-state index contributed by atoms with van der Waals surface area (Å²) in [6.07, 6.45) is 3.28. The van der Waals surface area contributed by atoms with Gasteiger partial charge < -0.3 is 10.6 Å². The molecule has 17 heavy (non-hydrogen) atoms. The minimum absolute atomic E-state index is 0.0164. The zero-order valence-corrected chi connectivity index (χ0v) is 11.8. The molecule has 100 valence electrons. The molecule has 1 rings (SSSR count). The highest BCUT2D eigenvalue weighted by Gasteiger charge is 2.32. The topological polar surface area (TPSA) is 46.3 Å². The SMILES string of the molecule is CC(C)CC(CN)C(=O)N1CCCC(C)C1C. The van der Waals surface area contributed by atoms with Gasteiger partial charge in [0.05, 0.1) is 5.92 Å². The van der Waals surface area contributed by atoms with Gasteiger partial charge in [0.25, 0.3) is 0 Å². The Labute approximate surface area is 106 Å². The fourth-order valence-corrected chi connectivity index (χ4v) is 2.75. The summed E-state index contributed by atoms with van der Waals surface area (Å²) in [5.74, 6) is 1.44. The Kier molecular flexibility index (Phi) is 5.44. The zero-order chi connectivity index (χ0) is 13.0. The molecule has 0 bridgehead atoms. The molecule has 1 heterocycles. The van der Waals surface area contributed by atoms with Crippen LogP contribution in [0, 0.1) is 17.8 Å². The second kappa shape index (κ2) is 6.39. The Hall–Kier alpha value is -0.570. The average molecular weight is 240 g/mol. The number of hydrogen-bond donors (Lipinski definition) is 1. The Morgan fingerprint density at radius 2 is 2.06 bits per heavy atom. The van der Waals surface area contributed by atoms with E-state index in [2.05, 4.69) is 32.6 Å². The molecule has 1 aliphatic heterocycles. The number of likely N-dealkylation sites (tertiary alicyclic amines) is 1. The van der Waals surface area contributed by atoms with Crippen LogP contribution in [-0.2, 0) is 4.79 Å². The van der Waals surface area contributed by atoms with Crippen LogP contribution in [0.4, 0.5) is 0 Å². The average Bonchev–Trinajstić information content (AvgIpc) is 2.28. The van der Waals surface area contributed by atoms with Crippen LogP contribution >= 0.6 is 0 Å². The van der Waals surface area contributed by atoms with Crippen LogP contribution in [0.25, 0.3) is 0 Å². The Balaban J connectivity index is 2.66. The van der Waals surface area contributed by atoms with E-state index in [4.69, 9.17) is 5.73 Å². The van der Waals surface area contributed by atoms with Gasteiger partial charge in [0, 0.05) is 19.1 Å². The summed E-state index contributed by atoms with van der Waals surface area (Å²) in [6.45, 7) is 10.1. The number of nitrogens with two attached hydrogens (primary N) is 1. The number of piperidine rings is 1. The van der Waals surface area contributed by atoms with Crippen LogP contribution < -0.4 is 5.73 Å². The molecule has 1 aliphatic rings. The molecular weight excluding hydrogens is 212 g/mol. The number of hydrogen-bond acceptors (Lipinski definition) is 2. The van der Waals surface area contributed by atoms with Crippen LogP contribution in [0.15, 0.2) is 0 Å². The maximum Gasteiger partial charge on any atom is 0.227 e. The van der Waals surface area contributed by atoms with Gasteiger partial charge in [0.15, 0.2) is 0 Å². The third-order valence-corrected chi connectivity index (χ3v) is 4.05. The molecule has 1 saturated heterocycles. The van der Waals surface area contributed by atoms with Crippen molar-refractivity contribution < 1.29 is 4.79 Å². The molecule has 3 atom stereocenters. The monoisotopic (exact) mass is 240 g/mol. The van der Waals surface area contributed by atoms with E-state index in [9.17, 15) is 4.79 Å². The molecule has 3 nitrogen and oxygen atoms in total. The minimum Gasteiger partial charge on any atom is -0.339 e. The quantitative estimate of drug-likeness (QED) is 0.819. The molecule has 0 aliphatic carbocycles. The standard InChI is InChI=1S/C14H28N2O/c1-10(2)8-13(9-15)14(17)16-7-5-6-11(3)12(16)4/h10-13H,5-9,15H2,1-4H3. The zero-order valence-electron chi connectivity index (χ0n) is 11.8. The van der Waals surface area contributed by atoms with Crippen molar-refractivity contribution in [1.29, 1.82) is 0 Å². The second-order valence-corrected chi connectivity index (χ2v) is 5.95. The highest BCUT2D eigenvalue weighted by atomic mass is 16.2. The van der Waals surface area contributed by atoms with Crippen molar-refractivity contribution in [1.82, 2.24) is 4.90 Å². The molecule has 0 aromatic rings. The van der Waals surface area contributed by atoms with E-state index in [1.807, 2.05) is 0 Å². The smallest absolute Gasteiger partial charge is 0.227 e. The van der Waals surface area contributed by atoms with Gasteiger partial charge in [-0.3, -0.25) is 4.79 Å². The van der Waals surface area contributed by atoms with Gasteiger partial charge in [-0.05, 0) is 38.0 Å². The first-order valence-corrected chi connectivity index (χ1v) is 6.97. The Morgan fingerprint density at radius 1 is 1.41 bits per heavy atom. The van der Waals surface area contributed by atoms with Gasteiger partial charge in [-0.2, -0.15) is 0 Å². The molecule has 2 N–H and O–H groups in total. The maximum absolute atomic E-state index is 12.5. The molecule has 0 spiro atoms. The van der Waals surface area contributed by atoms with Gasteiger partial charge in [-0.1, -0.05) is 20.8 Å². The van der Waals surface area contributed by atoms with E-state index in [-0.39, 0.29) is 11.8 Å². The van der Waals surface area contributed by atoms with E-state index >= 15 is 0 Å². The number of carbonyl (C=O) groups is 1. The van der Waals surface area contributed by atoms with Crippen molar-refractivity contribution >= 4 is 5.91 Å². The fraction of sp³-hybridized carbons (Fsp3) is 0.929. The fourth-order valence-electron chi connectivity index (χ4n) is 2.75. The molecule has 3 heteroatoms. The van der Waals surface area contributed by atoms with Gasteiger partial charge in [-0.15, -0.1) is 0 Å². The van der Waals surface area contributed by atoms with Gasteiger partial charge in [-0.25, -0.2) is 0 Å². The maximum atomic E-state index is 12.5. The summed E-state index contributed by atoms with van der Waals surface area (Å²) in [6, 6.07) is 0.373. The number of carbonyl (C=O) groups excluding carboxylic acids is 1. The summed E-state index contributed by atoms with van der Waals surface area (Å²) >= 11 is 0. The minimum atomic E-state index is 0.0164. The first kappa shape index (κ1) is 14.5. The summed E-state index contributed by atoms with van der Waals surface area (Å²) in [7, 11) is 0. The van der Waals surface area contributed by atoms with Crippen molar-refractivity contribution in [2.75, 3.05) is 13.1 Å². The Bertz CT molecular complexity index is 253. The molecule has 0 saturated carbocycles. The van der Waals surface area contributed by atoms with Crippen molar-refractivity contribution in [3.8, 4) is 0 Å². The summed E-state index contributed by atoms with van der Waals surface area (Å²) in [5.41, 5.74) is 5.76. The van der Waals surface area contributed by atoms with Gasteiger partial charge >= 0.3 is 0 Å². The number of rotatable bonds is 4.